The van der Waals surface area contributed by atoms with Crippen molar-refractivity contribution < 1.29 is 4.79 Å². The molecular weight excluding hydrogens is 358 g/mol. The molecular formula is C22H20ClN3O. The van der Waals surface area contributed by atoms with Crippen molar-refractivity contribution in [1.82, 2.24) is 4.98 Å². The second-order valence-electron chi connectivity index (χ2n) is 6.69. The van der Waals surface area contributed by atoms with Crippen LogP contribution in [0.1, 0.15) is 16.7 Å². The normalized spacial score (nSPS) is 13.1. The number of halogens is 1. The van der Waals surface area contributed by atoms with Crippen molar-refractivity contribution in [3.05, 3.63) is 88.6 Å². The molecule has 1 aromatic heterocycles. The van der Waals surface area contributed by atoms with E-state index in [1.54, 1.807) is 12.1 Å². The van der Waals surface area contributed by atoms with E-state index in [0.29, 0.717) is 17.3 Å². The van der Waals surface area contributed by atoms with Crippen LogP contribution in [-0.4, -0.2) is 17.4 Å². The Kier molecular flexibility index (Phi) is 5.07. The molecule has 4 rings (SSSR count). The largest absolute Gasteiger partial charge is 0.366 e. The Morgan fingerprint density at radius 3 is 2.56 bits per heavy atom. The maximum absolute atomic E-state index is 12.2. The second-order valence-corrected chi connectivity index (χ2v) is 7.13. The monoisotopic (exact) mass is 377 g/mol. The Morgan fingerprint density at radius 2 is 1.81 bits per heavy atom. The summed E-state index contributed by atoms with van der Waals surface area (Å²) in [5.74, 6) is 0.472. The average Bonchev–Trinajstić information content (AvgIpc) is 2.70. The summed E-state index contributed by atoms with van der Waals surface area (Å²) in [5.41, 5.74) is 4.78. The van der Waals surface area contributed by atoms with Gasteiger partial charge in [0.15, 0.2) is 0 Å². The lowest BCUT2D eigenvalue weighted by Crippen LogP contribution is -2.30. The molecule has 0 saturated carbocycles. The predicted octanol–water partition coefficient (Wildman–Crippen LogP) is 4.48. The number of nitrogens with one attached hydrogen (secondary N) is 1. The van der Waals surface area contributed by atoms with Crippen LogP contribution in [0.3, 0.4) is 0 Å². The van der Waals surface area contributed by atoms with Gasteiger partial charge in [0.1, 0.15) is 5.82 Å². The lowest BCUT2D eigenvalue weighted by molar-refractivity contribution is -0.115. The molecule has 0 unspecified atom stereocenters. The van der Waals surface area contributed by atoms with E-state index in [1.807, 2.05) is 30.5 Å². The number of nitrogens with zero attached hydrogens (tertiary/aromatic N) is 2. The van der Waals surface area contributed by atoms with Gasteiger partial charge in [-0.15, -0.1) is 0 Å². The highest BCUT2D eigenvalue weighted by Crippen LogP contribution is 2.24. The van der Waals surface area contributed by atoms with E-state index in [1.165, 1.54) is 11.1 Å². The number of fused-ring (bicyclic) bond motifs is 1. The van der Waals surface area contributed by atoms with E-state index in [0.717, 1.165) is 30.8 Å². The number of pyridine rings is 1. The Morgan fingerprint density at radius 1 is 1.04 bits per heavy atom. The number of aromatic nitrogens is 1. The van der Waals surface area contributed by atoms with Crippen LogP contribution in [0, 0.1) is 0 Å². The lowest BCUT2D eigenvalue weighted by atomic mass is 10.00. The molecule has 2 aromatic carbocycles. The first-order chi connectivity index (χ1) is 13.2. The number of rotatable bonds is 4. The third kappa shape index (κ3) is 4.29. The number of benzene rings is 2. The molecule has 0 aliphatic carbocycles. The molecule has 0 spiro atoms. The molecule has 2 heterocycles. The fourth-order valence-electron chi connectivity index (χ4n) is 3.34. The van der Waals surface area contributed by atoms with Crippen molar-refractivity contribution in [1.29, 1.82) is 0 Å². The zero-order valence-corrected chi connectivity index (χ0v) is 15.6. The van der Waals surface area contributed by atoms with Crippen molar-refractivity contribution in [3.8, 4) is 0 Å². The minimum Gasteiger partial charge on any atom is -0.366 e. The van der Waals surface area contributed by atoms with Crippen molar-refractivity contribution in [2.75, 3.05) is 16.8 Å². The molecule has 1 amide bonds. The number of carbonyl (C=O) groups is 1. The second kappa shape index (κ2) is 7.80. The van der Waals surface area contributed by atoms with Crippen LogP contribution in [0.15, 0.2) is 66.9 Å². The van der Waals surface area contributed by atoms with Crippen molar-refractivity contribution >= 4 is 29.0 Å². The van der Waals surface area contributed by atoms with Gasteiger partial charge in [0.25, 0.3) is 0 Å². The van der Waals surface area contributed by atoms with Gasteiger partial charge in [-0.3, -0.25) is 4.79 Å². The van der Waals surface area contributed by atoms with Gasteiger partial charge in [0.2, 0.25) is 5.91 Å². The van der Waals surface area contributed by atoms with Gasteiger partial charge < -0.3 is 10.2 Å². The summed E-state index contributed by atoms with van der Waals surface area (Å²) >= 11 is 5.87. The first-order valence-electron chi connectivity index (χ1n) is 8.99. The summed E-state index contributed by atoms with van der Waals surface area (Å²) in [5, 5.41) is 3.51. The van der Waals surface area contributed by atoms with Gasteiger partial charge >= 0.3 is 0 Å². The van der Waals surface area contributed by atoms with Crippen LogP contribution in [-0.2, 0) is 24.2 Å². The summed E-state index contributed by atoms with van der Waals surface area (Å²) in [6, 6.07) is 19.7. The summed E-state index contributed by atoms with van der Waals surface area (Å²) in [4.78, 5) is 18.9. The fourth-order valence-corrected chi connectivity index (χ4v) is 3.46. The fraction of sp³-hybridized carbons (Fsp3) is 0.182. The number of anilines is 2. The maximum Gasteiger partial charge on any atom is 0.229 e. The topological polar surface area (TPSA) is 45.2 Å². The molecule has 0 saturated heterocycles. The molecule has 3 aromatic rings. The highest BCUT2D eigenvalue weighted by atomic mass is 35.5. The number of amides is 1. The van der Waals surface area contributed by atoms with Gasteiger partial charge in [-0.1, -0.05) is 48.0 Å². The molecule has 27 heavy (non-hydrogen) atoms. The van der Waals surface area contributed by atoms with Crippen molar-refractivity contribution in [3.63, 3.8) is 0 Å². The van der Waals surface area contributed by atoms with Gasteiger partial charge in [0.05, 0.1) is 18.3 Å². The number of hydrogen-bond donors (Lipinski definition) is 1. The molecule has 136 valence electrons. The SMILES string of the molecule is O=C(Cc1ccc(Cl)cc1)Nc1ccc(N2CCc3ccccc3C2)cn1. The molecule has 1 aliphatic heterocycles. The Labute approximate surface area is 163 Å². The van der Waals surface area contributed by atoms with E-state index in [-0.39, 0.29) is 5.91 Å². The van der Waals surface area contributed by atoms with Crippen LogP contribution in [0.5, 0.6) is 0 Å². The predicted molar refractivity (Wildman–Crippen MR) is 109 cm³/mol. The Balaban J connectivity index is 1.38. The van der Waals surface area contributed by atoms with Gasteiger partial charge in [-0.2, -0.15) is 0 Å². The Bertz CT molecular complexity index is 939. The Hall–Kier alpha value is -2.85. The van der Waals surface area contributed by atoms with Crippen molar-refractivity contribution in [2.24, 2.45) is 0 Å². The van der Waals surface area contributed by atoms with E-state index >= 15 is 0 Å². The van der Waals surface area contributed by atoms with Gasteiger partial charge in [-0.05, 0) is 47.4 Å². The molecule has 0 fully saturated rings. The zero-order valence-electron chi connectivity index (χ0n) is 14.9. The van der Waals surface area contributed by atoms with Gasteiger partial charge in [-0.25, -0.2) is 4.98 Å². The lowest BCUT2D eigenvalue weighted by Gasteiger charge is -2.30. The van der Waals surface area contributed by atoms with E-state index in [2.05, 4.69) is 39.5 Å². The smallest absolute Gasteiger partial charge is 0.229 e. The average molecular weight is 378 g/mol. The first kappa shape index (κ1) is 17.6. The summed E-state index contributed by atoms with van der Waals surface area (Å²) in [7, 11) is 0. The number of hydrogen-bond acceptors (Lipinski definition) is 3. The van der Waals surface area contributed by atoms with E-state index in [4.69, 9.17) is 11.6 Å². The molecule has 0 radical (unpaired) electrons. The third-order valence-electron chi connectivity index (χ3n) is 4.79. The summed E-state index contributed by atoms with van der Waals surface area (Å²) < 4.78 is 0. The molecule has 1 N–H and O–H groups in total. The minimum absolute atomic E-state index is 0.0931. The molecule has 5 heteroatoms. The maximum atomic E-state index is 12.2. The molecule has 0 bridgehead atoms. The van der Waals surface area contributed by atoms with Crippen LogP contribution in [0.25, 0.3) is 0 Å². The van der Waals surface area contributed by atoms with Crippen LogP contribution in [0.2, 0.25) is 5.02 Å². The quantitative estimate of drug-likeness (QED) is 0.729. The van der Waals surface area contributed by atoms with E-state index < -0.39 is 0 Å². The molecule has 1 aliphatic rings. The third-order valence-corrected chi connectivity index (χ3v) is 5.04. The summed E-state index contributed by atoms with van der Waals surface area (Å²) in [6.45, 7) is 1.86. The van der Waals surface area contributed by atoms with Crippen LogP contribution in [0.4, 0.5) is 11.5 Å². The highest BCUT2D eigenvalue weighted by molar-refractivity contribution is 6.30. The standard InChI is InChI=1S/C22H20ClN3O/c23-19-7-5-16(6-8-19)13-22(27)25-21-10-9-20(14-24-21)26-12-11-17-3-1-2-4-18(17)15-26/h1-10,14H,11-13,15H2,(H,24,25,27). The molecule has 0 atom stereocenters. The first-order valence-corrected chi connectivity index (χ1v) is 9.37. The zero-order chi connectivity index (χ0) is 18.6. The van der Waals surface area contributed by atoms with Gasteiger partial charge in [0, 0.05) is 18.1 Å². The highest BCUT2D eigenvalue weighted by Gasteiger charge is 2.16. The van der Waals surface area contributed by atoms with Crippen LogP contribution >= 0.6 is 11.6 Å². The minimum atomic E-state index is -0.0931. The van der Waals surface area contributed by atoms with E-state index in [9.17, 15) is 4.79 Å². The molecule has 4 nitrogen and oxygen atoms in total. The van der Waals surface area contributed by atoms with Crippen molar-refractivity contribution in [2.45, 2.75) is 19.4 Å². The summed E-state index contributed by atoms with van der Waals surface area (Å²) in [6.07, 6.45) is 3.16. The number of carbonyl (C=O) groups excluding carboxylic acids is 1. The van der Waals surface area contributed by atoms with Crippen LogP contribution < -0.4 is 10.2 Å².